The lowest BCUT2D eigenvalue weighted by atomic mass is 10.0. The molecule has 1 aliphatic heterocycles. The molecule has 1 atom stereocenters. The summed E-state index contributed by atoms with van der Waals surface area (Å²) >= 11 is 0. The molecule has 0 amide bonds. The summed E-state index contributed by atoms with van der Waals surface area (Å²) in [4.78, 5) is 12.1. The minimum atomic E-state index is -3.47. The molecule has 2 rings (SSSR count). The zero-order chi connectivity index (χ0) is 15.3. The van der Waals surface area contributed by atoms with Crippen LogP contribution in [0.1, 0.15) is 26.2 Å². The van der Waals surface area contributed by atoms with E-state index in [0.717, 1.165) is 0 Å². The SMILES string of the molecule is CCOC(=O)C1CCCN(S(=O)(=O)c2ccccc2)CC1. The molecule has 1 aliphatic rings. The molecule has 1 fully saturated rings. The van der Waals surface area contributed by atoms with Gasteiger partial charge in [-0.1, -0.05) is 18.2 Å². The van der Waals surface area contributed by atoms with Crippen LogP contribution in [0.5, 0.6) is 0 Å². The Bertz CT molecular complexity index is 571. The zero-order valence-electron chi connectivity index (χ0n) is 12.2. The number of rotatable bonds is 4. The van der Waals surface area contributed by atoms with E-state index in [2.05, 4.69) is 0 Å². The van der Waals surface area contributed by atoms with Crippen LogP contribution >= 0.6 is 0 Å². The van der Waals surface area contributed by atoms with Gasteiger partial charge >= 0.3 is 5.97 Å². The third-order valence-electron chi connectivity index (χ3n) is 3.69. The lowest BCUT2D eigenvalue weighted by Crippen LogP contribution is -2.32. The average Bonchev–Trinajstić information content (AvgIpc) is 2.75. The smallest absolute Gasteiger partial charge is 0.308 e. The number of carbonyl (C=O) groups is 1. The van der Waals surface area contributed by atoms with Gasteiger partial charge in [0.2, 0.25) is 10.0 Å². The lowest BCUT2D eigenvalue weighted by molar-refractivity contribution is -0.148. The van der Waals surface area contributed by atoms with Crippen molar-refractivity contribution in [3.8, 4) is 0 Å². The Labute approximate surface area is 126 Å². The first kappa shape index (κ1) is 16.0. The second-order valence-electron chi connectivity index (χ2n) is 5.10. The van der Waals surface area contributed by atoms with Crippen molar-refractivity contribution in [2.75, 3.05) is 19.7 Å². The van der Waals surface area contributed by atoms with Crippen LogP contribution in [-0.4, -0.2) is 38.4 Å². The first-order valence-corrected chi connectivity index (χ1v) is 8.71. The van der Waals surface area contributed by atoms with Crippen LogP contribution in [0.4, 0.5) is 0 Å². The maximum absolute atomic E-state index is 12.6. The standard InChI is InChI=1S/C15H21NO4S/c1-2-20-15(17)13-7-6-11-16(12-10-13)21(18,19)14-8-4-3-5-9-14/h3-5,8-9,13H,2,6-7,10-12H2,1H3. The molecular formula is C15H21NO4S. The first-order chi connectivity index (χ1) is 10.1. The summed E-state index contributed by atoms with van der Waals surface area (Å²) in [6, 6.07) is 8.42. The Morgan fingerprint density at radius 1 is 1.24 bits per heavy atom. The van der Waals surface area contributed by atoms with Gasteiger partial charge in [0.25, 0.3) is 0 Å². The highest BCUT2D eigenvalue weighted by atomic mass is 32.2. The molecule has 0 spiro atoms. The summed E-state index contributed by atoms with van der Waals surface area (Å²) in [5.41, 5.74) is 0. The molecule has 116 valence electrons. The van der Waals surface area contributed by atoms with Crippen LogP contribution in [-0.2, 0) is 19.6 Å². The maximum atomic E-state index is 12.6. The monoisotopic (exact) mass is 311 g/mol. The third kappa shape index (κ3) is 3.83. The number of hydrogen-bond acceptors (Lipinski definition) is 4. The Balaban J connectivity index is 2.08. The van der Waals surface area contributed by atoms with E-state index in [0.29, 0.717) is 43.9 Å². The molecule has 1 heterocycles. The van der Waals surface area contributed by atoms with E-state index in [1.807, 2.05) is 0 Å². The summed E-state index contributed by atoms with van der Waals surface area (Å²) in [6.45, 7) is 2.95. The Morgan fingerprint density at radius 2 is 1.95 bits per heavy atom. The predicted molar refractivity (Wildman–Crippen MR) is 79.2 cm³/mol. The molecule has 5 nitrogen and oxygen atoms in total. The van der Waals surface area contributed by atoms with Gasteiger partial charge in [-0.15, -0.1) is 0 Å². The minimum Gasteiger partial charge on any atom is -0.466 e. The fourth-order valence-corrected chi connectivity index (χ4v) is 4.06. The minimum absolute atomic E-state index is 0.194. The summed E-state index contributed by atoms with van der Waals surface area (Å²) in [5, 5.41) is 0. The highest BCUT2D eigenvalue weighted by Gasteiger charge is 2.30. The van der Waals surface area contributed by atoms with Gasteiger partial charge in [0.1, 0.15) is 0 Å². The average molecular weight is 311 g/mol. The van der Waals surface area contributed by atoms with E-state index >= 15 is 0 Å². The van der Waals surface area contributed by atoms with E-state index in [1.54, 1.807) is 37.3 Å². The molecule has 1 aromatic carbocycles. The van der Waals surface area contributed by atoms with Crippen molar-refractivity contribution in [3.63, 3.8) is 0 Å². The number of nitrogens with zero attached hydrogens (tertiary/aromatic N) is 1. The van der Waals surface area contributed by atoms with E-state index in [1.165, 1.54) is 4.31 Å². The van der Waals surface area contributed by atoms with E-state index < -0.39 is 10.0 Å². The highest BCUT2D eigenvalue weighted by molar-refractivity contribution is 7.89. The number of esters is 1. The molecule has 1 aromatic rings. The van der Waals surface area contributed by atoms with E-state index in [-0.39, 0.29) is 11.9 Å². The fourth-order valence-electron chi connectivity index (χ4n) is 2.55. The Hall–Kier alpha value is -1.40. The third-order valence-corrected chi connectivity index (χ3v) is 5.60. The molecule has 0 saturated carbocycles. The summed E-state index contributed by atoms with van der Waals surface area (Å²) in [6.07, 6.45) is 1.88. The molecule has 6 heteroatoms. The van der Waals surface area contributed by atoms with Crippen molar-refractivity contribution in [2.24, 2.45) is 5.92 Å². The Kier molecular flexibility index (Phi) is 5.36. The summed E-state index contributed by atoms with van der Waals surface area (Å²) in [5.74, 6) is -0.405. The van der Waals surface area contributed by atoms with Crippen LogP contribution in [0.15, 0.2) is 35.2 Å². The second-order valence-corrected chi connectivity index (χ2v) is 7.03. The van der Waals surface area contributed by atoms with Gasteiger partial charge in [0, 0.05) is 13.1 Å². The van der Waals surface area contributed by atoms with Crippen molar-refractivity contribution in [3.05, 3.63) is 30.3 Å². The van der Waals surface area contributed by atoms with Gasteiger partial charge in [0.05, 0.1) is 17.4 Å². The molecule has 0 aromatic heterocycles. The number of sulfonamides is 1. The Morgan fingerprint density at radius 3 is 2.62 bits per heavy atom. The molecule has 0 radical (unpaired) electrons. The molecule has 0 aliphatic carbocycles. The fraction of sp³-hybridized carbons (Fsp3) is 0.533. The van der Waals surface area contributed by atoms with Crippen LogP contribution < -0.4 is 0 Å². The van der Waals surface area contributed by atoms with E-state index in [4.69, 9.17) is 4.74 Å². The molecule has 1 saturated heterocycles. The molecule has 1 unspecified atom stereocenters. The van der Waals surface area contributed by atoms with Crippen LogP contribution in [0.25, 0.3) is 0 Å². The first-order valence-electron chi connectivity index (χ1n) is 7.27. The lowest BCUT2D eigenvalue weighted by Gasteiger charge is -2.20. The van der Waals surface area contributed by atoms with Crippen LogP contribution in [0.2, 0.25) is 0 Å². The van der Waals surface area contributed by atoms with Gasteiger partial charge in [-0.25, -0.2) is 8.42 Å². The van der Waals surface area contributed by atoms with Crippen molar-refractivity contribution in [2.45, 2.75) is 31.1 Å². The molecular weight excluding hydrogens is 290 g/mol. The van der Waals surface area contributed by atoms with Gasteiger partial charge in [-0.2, -0.15) is 4.31 Å². The number of ether oxygens (including phenoxy) is 1. The molecule has 0 bridgehead atoms. The van der Waals surface area contributed by atoms with Crippen LogP contribution in [0, 0.1) is 5.92 Å². The summed E-state index contributed by atoms with van der Waals surface area (Å²) in [7, 11) is -3.47. The second kappa shape index (κ2) is 7.04. The highest BCUT2D eigenvalue weighted by Crippen LogP contribution is 2.23. The van der Waals surface area contributed by atoms with Crippen molar-refractivity contribution >= 4 is 16.0 Å². The topological polar surface area (TPSA) is 63.7 Å². The van der Waals surface area contributed by atoms with Crippen molar-refractivity contribution < 1.29 is 17.9 Å². The van der Waals surface area contributed by atoms with Gasteiger partial charge in [0.15, 0.2) is 0 Å². The quantitative estimate of drug-likeness (QED) is 0.798. The normalized spacial score (nSPS) is 20.7. The van der Waals surface area contributed by atoms with Gasteiger partial charge in [-0.05, 0) is 38.3 Å². The van der Waals surface area contributed by atoms with Gasteiger partial charge < -0.3 is 4.74 Å². The largest absolute Gasteiger partial charge is 0.466 e. The van der Waals surface area contributed by atoms with Gasteiger partial charge in [-0.3, -0.25) is 4.79 Å². The van der Waals surface area contributed by atoms with E-state index in [9.17, 15) is 13.2 Å². The molecule has 21 heavy (non-hydrogen) atoms. The van der Waals surface area contributed by atoms with Crippen molar-refractivity contribution in [1.82, 2.24) is 4.31 Å². The van der Waals surface area contributed by atoms with Crippen LogP contribution in [0.3, 0.4) is 0 Å². The maximum Gasteiger partial charge on any atom is 0.308 e. The zero-order valence-corrected chi connectivity index (χ0v) is 13.0. The number of benzene rings is 1. The summed E-state index contributed by atoms with van der Waals surface area (Å²) < 4.78 is 31.6. The predicted octanol–water partition coefficient (Wildman–Crippen LogP) is 2.04. The number of carbonyl (C=O) groups excluding carboxylic acids is 1. The van der Waals surface area contributed by atoms with Crippen molar-refractivity contribution in [1.29, 1.82) is 0 Å². The number of hydrogen-bond donors (Lipinski definition) is 0. The molecule has 0 N–H and O–H groups in total.